The zero-order chi connectivity index (χ0) is 13.4. The number of rotatable bonds is 1. The first-order valence-corrected chi connectivity index (χ1v) is 5.86. The Bertz CT molecular complexity index is 824. The van der Waals surface area contributed by atoms with Crippen molar-refractivity contribution in [1.82, 2.24) is 0 Å². The Morgan fingerprint density at radius 1 is 1.16 bits per heavy atom. The lowest BCUT2D eigenvalue weighted by Gasteiger charge is -1.99. The summed E-state index contributed by atoms with van der Waals surface area (Å²) in [6, 6.07) is 11.4. The molecular formula is C15H11FNO2+. The number of nitrogens with zero attached hydrogens (tertiary/aromatic N) is 1. The number of fused-ring (bicyclic) bond motifs is 1. The molecule has 3 rings (SSSR count). The second-order valence-electron chi connectivity index (χ2n) is 4.34. The van der Waals surface area contributed by atoms with Gasteiger partial charge in [-0.15, -0.1) is 0 Å². The van der Waals surface area contributed by atoms with Crippen molar-refractivity contribution in [2.45, 2.75) is 6.92 Å². The first kappa shape index (κ1) is 11.6. The van der Waals surface area contributed by atoms with Crippen molar-refractivity contribution in [1.29, 1.82) is 0 Å². The summed E-state index contributed by atoms with van der Waals surface area (Å²) in [7, 11) is 0. The van der Waals surface area contributed by atoms with Gasteiger partial charge in [0.05, 0.1) is 5.39 Å². The minimum atomic E-state index is -0.535. The average molecular weight is 256 g/mol. The van der Waals surface area contributed by atoms with Gasteiger partial charge in [-0.3, -0.25) is 0 Å². The fraction of sp³-hybridized carbons (Fsp3) is 0.0667. The van der Waals surface area contributed by atoms with Gasteiger partial charge in [0, 0.05) is 12.1 Å². The van der Waals surface area contributed by atoms with Crippen molar-refractivity contribution in [3.63, 3.8) is 0 Å². The fourth-order valence-corrected chi connectivity index (χ4v) is 2.05. The van der Waals surface area contributed by atoms with Crippen LogP contribution >= 0.6 is 0 Å². The number of hydrogen-bond donors (Lipinski definition) is 0. The molecular weight excluding hydrogens is 245 g/mol. The van der Waals surface area contributed by atoms with E-state index in [0.29, 0.717) is 11.3 Å². The predicted octanol–water partition coefficient (Wildman–Crippen LogP) is 2.52. The molecule has 0 fully saturated rings. The maximum atomic E-state index is 13.2. The largest absolute Gasteiger partial charge is 0.608 e. The van der Waals surface area contributed by atoms with Crippen LogP contribution in [-0.4, -0.2) is 0 Å². The Hall–Kier alpha value is -2.49. The number of aromatic nitrogens is 1. The fourth-order valence-electron chi connectivity index (χ4n) is 2.05. The Kier molecular flexibility index (Phi) is 2.63. The third-order valence-corrected chi connectivity index (χ3v) is 2.98. The molecule has 1 aromatic heterocycles. The van der Waals surface area contributed by atoms with Crippen LogP contribution in [0.25, 0.3) is 16.7 Å². The molecule has 0 aliphatic carbocycles. The van der Waals surface area contributed by atoms with E-state index in [2.05, 4.69) is 0 Å². The SMILES string of the molecule is Cc1cccc2c[n+](-c3cccc(F)c3)c(=O)oc12. The molecule has 3 nitrogen and oxygen atoms in total. The van der Waals surface area contributed by atoms with Gasteiger partial charge in [0.2, 0.25) is 5.69 Å². The molecule has 0 radical (unpaired) electrons. The Morgan fingerprint density at radius 2 is 1.95 bits per heavy atom. The molecule has 4 heteroatoms. The van der Waals surface area contributed by atoms with Gasteiger partial charge in [-0.25, -0.2) is 4.39 Å². The topological polar surface area (TPSA) is 34.1 Å². The Morgan fingerprint density at radius 3 is 2.74 bits per heavy atom. The van der Waals surface area contributed by atoms with Crippen LogP contribution in [0, 0.1) is 12.7 Å². The minimum Gasteiger partial charge on any atom is -0.371 e. The van der Waals surface area contributed by atoms with Crippen LogP contribution in [0.3, 0.4) is 0 Å². The number of hydrogen-bond acceptors (Lipinski definition) is 2. The van der Waals surface area contributed by atoms with Crippen LogP contribution in [0.15, 0.2) is 57.9 Å². The Labute approximate surface area is 108 Å². The number of aryl methyl sites for hydroxylation is 1. The van der Waals surface area contributed by atoms with Crippen molar-refractivity contribution < 1.29 is 13.4 Å². The normalized spacial score (nSPS) is 10.8. The van der Waals surface area contributed by atoms with E-state index >= 15 is 0 Å². The minimum absolute atomic E-state index is 0.395. The summed E-state index contributed by atoms with van der Waals surface area (Å²) in [4.78, 5) is 12.0. The lowest BCUT2D eigenvalue weighted by atomic mass is 10.2. The molecule has 0 atom stereocenters. The molecule has 1 heterocycles. The summed E-state index contributed by atoms with van der Waals surface area (Å²) in [6.45, 7) is 1.87. The molecule has 94 valence electrons. The van der Waals surface area contributed by atoms with E-state index in [1.807, 2.05) is 25.1 Å². The molecule has 0 N–H and O–H groups in total. The molecule has 0 aliphatic rings. The van der Waals surface area contributed by atoms with E-state index < -0.39 is 11.6 Å². The van der Waals surface area contributed by atoms with Gasteiger partial charge < -0.3 is 4.42 Å². The third-order valence-electron chi connectivity index (χ3n) is 2.98. The van der Waals surface area contributed by atoms with Crippen LogP contribution < -0.4 is 10.3 Å². The third kappa shape index (κ3) is 2.01. The maximum Gasteiger partial charge on any atom is 0.608 e. The summed E-state index contributed by atoms with van der Waals surface area (Å²) in [6.07, 6.45) is 1.66. The summed E-state index contributed by atoms with van der Waals surface area (Å²) < 4.78 is 19.8. The van der Waals surface area contributed by atoms with Crippen molar-refractivity contribution in [3.05, 3.63) is 70.6 Å². The van der Waals surface area contributed by atoms with E-state index in [-0.39, 0.29) is 0 Å². The van der Waals surface area contributed by atoms with Gasteiger partial charge in [0.25, 0.3) is 0 Å². The lowest BCUT2D eigenvalue weighted by molar-refractivity contribution is -0.623. The second-order valence-corrected chi connectivity index (χ2v) is 4.34. The maximum absolute atomic E-state index is 13.2. The molecule has 19 heavy (non-hydrogen) atoms. The molecule has 0 unspecified atom stereocenters. The first-order valence-electron chi connectivity index (χ1n) is 5.86. The summed E-state index contributed by atoms with van der Waals surface area (Å²) in [5, 5.41) is 0.795. The molecule has 0 saturated carbocycles. The van der Waals surface area contributed by atoms with Crippen LogP contribution in [0.1, 0.15) is 5.56 Å². The Balaban J connectivity index is 2.31. The highest BCUT2D eigenvalue weighted by molar-refractivity contribution is 5.77. The molecule has 0 bridgehead atoms. The number of halogens is 1. The van der Waals surface area contributed by atoms with Gasteiger partial charge in [-0.1, -0.05) is 22.8 Å². The molecule has 0 amide bonds. The summed E-state index contributed by atoms with van der Waals surface area (Å²) in [5.74, 6) is -0.930. The van der Waals surface area contributed by atoms with Gasteiger partial charge in [-0.05, 0) is 24.6 Å². The van der Waals surface area contributed by atoms with Crippen molar-refractivity contribution in [2.75, 3.05) is 0 Å². The van der Waals surface area contributed by atoms with Gasteiger partial charge in [-0.2, -0.15) is 4.79 Å². The molecule has 0 spiro atoms. The van der Waals surface area contributed by atoms with Crippen LogP contribution in [-0.2, 0) is 0 Å². The second kappa shape index (κ2) is 4.31. The van der Waals surface area contributed by atoms with Crippen LogP contribution in [0.2, 0.25) is 0 Å². The van der Waals surface area contributed by atoms with Crippen molar-refractivity contribution in [3.8, 4) is 5.69 Å². The molecule has 3 aromatic rings. The van der Waals surface area contributed by atoms with Crippen LogP contribution in [0.5, 0.6) is 0 Å². The van der Waals surface area contributed by atoms with Crippen LogP contribution in [0.4, 0.5) is 4.39 Å². The predicted molar refractivity (Wildman–Crippen MR) is 68.7 cm³/mol. The number of benzene rings is 2. The summed E-state index contributed by atoms with van der Waals surface area (Å²) in [5.41, 5.74) is 1.89. The highest BCUT2D eigenvalue weighted by Crippen LogP contribution is 2.14. The standard InChI is InChI=1S/C15H11FNO2/c1-10-4-2-5-11-9-17(15(18)19-14(10)11)13-7-3-6-12(16)8-13/h2-9H,1H3/q+1. The van der Waals surface area contributed by atoms with Crippen molar-refractivity contribution >= 4 is 11.0 Å². The molecule has 0 saturated heterocycles. The monoisotopic (exact) mass is 256 g/mol. The van der Waals surface area contributed by atoms with E-state index in [1.54, 1.807) is 18.3 Å². The highest BCUT2D eigenvalue weighted by Gasteiger charge is 2.16. The highest BCUT2D eigenvalue weighted by atomic mass is 19.1. The quantitative estimate of drug-likeness (QED) is 0.627. The zero-order valence-corrected chi connectivity index (χ0v) is 10.3. The summed E-state index contributed by atoms with van der Waals surface area (Å²) >= 11 is 0. The average Bonchev–Trinajstić information content (AvgIpc) is 2.39. The lowest BCUT2D eigenvalue weighted by Crippen LogP contribution is -2.46. The zero-order valence-electron chi connectivity index (χ0n) is 10.3. The van der Waals surface area contributed by atoms with E-state index in [1.165, 1.54) is 16.7 Å². The van der Waals surface area contributed by atoms with Crippen molar-refractivity contribution in [2.24, 2.45) is 0 Å². The first-order chi connectivity index (χ1) is 9.15. The number of para-hydroxylation sites is 1. The van der Waals surface area contributed by atoms with Gasteiger partial charge >= 0.3 is 5.76 Å². The van der Waals surface area contributed by atoms with E-state index in [4.69, 9.17) is 4.42 Å². The molecule has 2 aromatic carbocycles. The van der Waals surface area contributed by atoms with Gasteiger partial charge in [0.1, 0.15) is 5.82 Å². The smallest absolute Gasteiger partial charge is 0.371 e. The van der Waals surface area contributed by atoms with E-state index in [0.717, 1.165) is 10.9 Å². The van der Waals surface area contributed by atoms with Gasteiger partial charge in [0.15, 0.2) is 11.8 Å². The molecule has 0 aliphatic heterocycles. The van der Waals surface area contributed by atoms with E-state index in [9.17, 15) is 9.18 Å².